The predicted molar refractivity (Wildman–Crippen MR) is 101 cm³/mol. The SMILES string of the molecule is CCSc1ncc(CN2CCc3[nH]cnc3[C@@H]2c2cccc(O)c2)cn1. The van der Waals surface area contributed by atoms with Crippen LogP contribution in [-0.4, -0.2) is 42.2 Å². The van der Waals surface area contributed by atoms with Gasteiger partial charge in [0.2, 0.25) is 0 Å². The van der Waals surface area contributed by atoms with E-state index in [0.717, 1.165) is 47.2 Å². The Hall–Kier alpha value is -2.38. The summed E-state index contributed by atoms with van der Waals surface area (Å²) >= 11 is 1.64. The molecule has 134 valence electrons. The second-order valence-corrected chi connectivity index (χ2v) is 7.52. The van der Waals surface area contributed by atoms with E-state index in [-0.39, 0.29) is 11.8 Å². The molecule has 0 amide bonds. The van der Waals surface area contributed by atoms with Crippen molar-refractivity contribution in [2.45, 2.75) is 31.1 Å². The highest BCUT2D eigenvalue weighted by molar-refractivity contribution is 7.99. The molecule has 6 nitrogen and oxygen atoms in total. The fourth-order valence-electron chi connectivity index (χ4n) is 3.42. The fourth-order valence-corrected chi connectivity index (χ4v) is 3.93. The highest BCUT2D eigenvalue weighted by Gasteiger charge is 2.31. The van der Waals surface area contributed by atoms with Crippen LogP contribution in [0.15, 0.2) is 48.1 Å². The summed E-state index contributed by atoms with van der Waals surface area (Å²) in [5.41, 5.74) is 4.31. The molecule has 0 saturated carbocycles. The first-order valence-electron chi connectivity index (χ1n) is 8.73. The molecule has 0 radical (unpaired) electrons. The first kappa shape index (κ1) is 17.1. The molecule has 0 saturated heterocycles. The molecule has 0 fully saturated rings. The third kappa shape index (κ3) is 3.45. The van der Waals surface area contributed by atoms with Crippen molar-refractivity contribution in [2.24, 2.45) is 0 Å². The lowest BCUT2D eigenvalue weighted by Crippen LogP contribution is -2.35. The summed E-state index contributed by atoms with van der Waals surface area (Å²) in [5, 5.41) is 10.7. The van der Waals surface area contributed by atoms with Crippen LogP contribution >= 0.6 is 11.8 Å². The van der Waals surface area contributed by atoms with E-state index in [1.807, 2.05) is 30.6 Å². The molecule has 2 N–H and O–H groups in total. The smallest absolute Gasteiger partial charge is 0.187 e. The van der Waals surface area contributed by atoms with Crippen LogP contribution in [0.1, 0.15) is 35.5 Å². The molecule has 1 aromatic carbocycles. The summed E-state index contributed by atoms with van der Waals surface area (Å²) in [5.74, 6) is 1.24. The summed E-state index contributed by atoms with van der Waals surface area (Å²) in [7, 11) is 0. The number of phenols is 1. The summed E-state index contributed by atoms with van der Waals surface area (Å²) in [4.78, 5) is 19.1. The molecular weight excluding hydrogens is 346 g/mol. The minimum absolute atomic E-state index is 0.00166. The number of hydrogen-bond acceptors (Lipinski definition) is 6. The topological polar surface area (TPSA) is 77.9 Å². The van der Waals surface area contributed by atoms with Gasteiger partial charge < -0.3 is 10.1 Å². The zero-order chi connectivity index (χ0) is 17.9. The third-order valence-electron chi connectivity index (χ3n) is 4.55. The maximum atomic E-state index is 9.93. The molecule has 26 heavy (non-hydrogen) atoms. The highest BCUT2D eigenvalue weighted by atomic mass is 32.2. The number of H-pyrrole nitrogens is 1. The molecule has 0 bridgehead atoms. The van der Waals surface area contributed by atoms with Crippen LogP contribution < -0.4 is 0 Å². The molecule has 1 atom stereocenters. The molecule has 2 aromatic heterocycles. The average Bonchev–Trinajstić information content (AvgIpc) is 3.12. The molecule has 7 heteroatoms. The number of fused-ring (bicyclic) bond motifs is 1. The molecule has 0 spiro atoms. The van der Waals surface area contributed by atoms with E-state index in [9.17, 15) is 5.11 Å². The number of thioether (sulfide) groups is 1. The van der Waals surface area contributed by atoms with Gasteiger partial charge in [-0.15, -0.1) is 0 Å². The van der Waals surface area contributed by atoms with E-state index >= 15 is 0 Å². The maximum Gasteiger partial charge on any atom is 0.187 e. The standard InChI is InChI=1S/C19H21N5OS/c1-2-26-19-20-9-13(10-21-19)11-24-7-6-16-17(23-12-22-16)18(24)14-4-3-5-15(25)8-14/h3-5,8-10,12,18,25H,2,6-7,11H2,1H3,(H,22,23)/t18-/m0/s1. The Morgan fingerprint density at radius 2 is 2.12 bits per heavy atom. The Bertz CT molecular complexity index is 880. The Labute approximate surface area is 156 Å². The Balaban J connectivity index is 1.63. The molecular formula is C19H21N5OS. The molecule has 3 aromatic rings. The summed E-state index contributed by atoms with van der Waals surface area (Å²) in [6, 6.07) is 7.43. The Morgan fingerprint density at radius 3 is 2.88 bits per heavy atom. The number of benzene rings is 1. The van der Waals surface area contributed by atoms with Crippen LogP contribution in [0.4, 0.5) is 0 Å². The van der Waals surface area contributed by atoms with Crippen molar-refractivity contribution in [2.75, 3.05) is 12.3 Å². The van der Waals surface area contributed by atoms with E-state index in [1.165, 1.54) is 5.69 Å². The van der Waals surface area contributed by atoms with Crippen molar-refractivity contribution >= 4 is 11.8 Å². The Kier molecular flexibility index (Phi) is 4.90. The molecule has 0 aliphatic carbocycles. The number of imidazole rings is 1. The summed E-state index contributed by atoms with van der Waals surface area (Å²) in [6.45, 7) is 3.74. The van der Waals surface area contributed by atoms with Gasteiger partial charge in [0.05, 0.1) is 18.1 Å². The maximum absolute atomic E-state index is 9.93. The minimum atomic E-state index is 0.00166. The number of rotatable bonds is 5. The van der Waals surface area contributed by atoms with Gasteiger partial charge in [0.1, 0.15) is 5.75 Å². The van der Waals surface area contributed by atoms with Gasteiger partial charge >= 0.3 is 0 Å². The van der Waals surface area contributed by atoms with Crippen molar-refractivity contribution in [3.8, 4) is 5.75 Å². The monoisotopic (exact) mass is 367 g/mol. The quantitative estimate of drug-likeness (QED) is 0.533. The highest BCUT2D eigenvalue weighted by Crippen LogP contribution is 2.35. The zero-order valence-corrected chi connectivity index (χ0v) is 15.4. The van der Waals surface area contributed by atoms with Crippen molar-refractivity contribution in [1.29, 1.82) is 0 Å². The van der Waals surface area contributed by atoms with Gasteiger partial charge in [-0.2, -0.15) is 0 Å². The lowest BCUT2D eigenvalue weighted by molar-refractivity contribution is 0.199. The lowest BCUT2D eigenvalue weighted by Gasteiger charge is -2.35. The second kappa shape index (κ2) is 7.47. The first-order chi connectivity index (χ1) is 12.7. The number of aromatic nitrogens is 4. The van der Waals surface area contributed by atoms with Crippen LogP contribution in [-0.2, 0) is 13.0 Å². The molecule has 1 aliphatic rings. The van der Waals surface area contributed by atoms with Crippen molar-refractivity contribution in [3.05, 3.63) is 65.5 Å². The fraction of sp³-hybridized carbons (Fsp3) is 0.316. The van der Waals surface area contributed by atoms with E-state index in [2.05, 4.69) is 31.8 Å². The van der Waals surface area contributed by atoms with E-state index < -0.39 is 0 Å². The number of aromatic hydroxyl groups is 1. The van der Waals surface area contributed by atoms with E-state index in [1.54, 1.807) is 24.2 Å². The van der Waals surface area contributed by atoms with Gasteiger partial charge in [-0.25, -0.2) is 15.0 Å². The Morgan fingerprint density at radius 1 is 1.27 bits per heavy atom. The lowest BCUT2D eigenvalue weighted by atomic mass is 9.95. The molecule has 1 aliphatic heterocycles. The van der Waals surface area contributed by atoms with Gasteiger partial charge in [0.25, 0.3) is 0 Å². The van der Waals surface area contributed by atoms with Crippen LogP contribution in [0.25, 0.3) is 0 Å². The van der Waals surface area contributed by atoms with Gasteiger partial charge in [-0.05, 0) is 23.4 Å². The zero-order valence-electron chi connectivity index (χ0n) is 14.6. The van der Waals surface area contributed by atoms with Gasteiger partial charge in [0.15, 0.2) is 5.16 Å². The number of nitrogens with zero attached hydrogens (tertiary/aromatic N) is 4. The van der Waals surface area contributed by atoms with Crippen LogP contribution in [0, 0.1) is 0 Å². The average molecular weight is 367 g/mol. The van der Waals surface area contributed by atoms with E-state index in [4.69, 9.17) is 0 Å². The number of nitrogens with one attached hydrogen (secondary N) is 1. The van der Waals surface area contributed by atoms with Crippen LogP contribution in [0.5, 0.6) is 5.75 Å². The number of phenolic OH excluding ortho intramolecular Hbond substituents is 1. The predicted octanol–water partition coefficient (Wildman–Crippen LogP) is 3.17. The number of aromatic amines is 1. The van der Waals surface area contributed by atoms with Gasteiger partial charge in [-0.3, -0.25) is 4.90 Å². The third-order valence-corrected chi connectivity index (χ3v) is 5.31. The van der Waals surface area contributed by atoms with Crippen molar-refractivity contribution in [3.63, 3.8) is 0 Å². The van der Waals surface area contributed by atoms with Gasteiger partial charge in [-0.1, -0.05) is 30.8 Å². The van der Waals surface area contributed by atoms with Crippen LogP contribution in [0.2, 0.25) is 0 Å². The van der Waals surface area contributed by atoms with Crippen LogP contribution in [0.3, 0.4) is 0 Å². The first-order valence-corrected chi connectivity index (χ1v) is 9.72. The molecule has 3 heterocycles. The number of hydrogen-bond donors (Lipinski definition) is 2. The second-order valence-electron chi connectivity index (χ2n) is 6.29. The normalized spacial score (nSPS) is 17.2. The molecule has 4 rings (SSSR count). The summed E-state index contributed by atoms with van der Waals surface area (Å²) in [6.07, 6.45) is 6.49. The van der Waals surface area contributed by atoms with E-state index in [0.29, 0.717) is 0 Å². The largest absolute Gasteiger partial charge is 0.508 e. The van der Waals surface area contributed by atoms with Crippen molar-refractivity contribution in [1.82, 2.24) is 24.8 Å². The van der Waals surface area contributed by atoms with Crippen molar-refractivity contribution < 1.29 is 5.11 Å². The summed E-state index contributed by atoms with van der Waals surface area (Å²) < 4.78 is 0. The van der Waals surface area contributed by atoms with Gasteiger partial charge in [0, 0.05) is 43.2 Å². The molecule has 0 unspecified atom stereocenters. The minimum Gasteiger partial charge on any atom is -0.508 e.